The standard InChI is InChI=1S/C24H32N2O4/c1-25-24(23-16-29-20-6-4-5-7-21(20)30-23)18-10-12-26(13-11-18)15-17-8-9-19(27-2)22(14-17)28-3/h4-9,14,18,23-25H,10-13,15-16H2,1-3H3. The van der Waals surface area contributed by atoms with Gasteiger partial charge in [-0.25, -0.2) is 0 Å². The summed E-state index contributed by atoms with van der Waals surface area (Å²) in [5.74, 6) is 3.81. The summed E-state index contributed by atoms with van der Waals surface area (Å²) in [7, 11) is 5.38. The Labute approximate surface area is 179 Å². The summed E-state index contributed by atoms with van der Waals surface area (Å²) in [6, 6.07) is 14.4. The number of ether oxygens (including phenoxy) is 4. The third-order valence-corrected chi connectivity index (χ3v) is 6.26. The Morgan fingerprint density at radius 1 is 1.03 bits per heavy atom. The molecule has 162 valence electrons. The first kappa shape index (κ1) is 20.8. The molecule has 0 aromatic heterocycles. The number of methoxy groups -OCH3 is 2. The van der Waals surface area contributed by atoms with Crippen molar-refractivity contribution in [1.29, 1.82) is 0 Å². The van der Waals surface area contributed by atoms with Gasteiger partial charge >= 0.3 is 0 Å². The molecule has 6 nitrogen and oxygen atoms in total. The number of rotatable bonds is 7. The maximum atomic E-state index is 6.28. The van der Waals surface area contributed by atoms with E-state index < -0.39 is 0 Å². The van der Waals surface area contributed by atoms with Gasteiger partial charge in [-0.1, -0.05) is 18.2 Å². The number of para-hydroxylation sites is 2. The summed E-state index contributed by atoms with van der Waals surface area (Å²) in [5.41, 5.74) is 1.25. The Morgan fingerprint density at radius 2 is 1.77 bits per heavy atom. The number of nitrogens with one attached hydrogen (secondary N) is 1. The lowest BCUT2D eigenvalue weighted by Gasteiger charge is -2.40. The number of hydrogen-bond acceptors (Lipinski definition) is 6. The zero-order valence-corrected chi connectivity index (χ0v) is 18.1. The van der Waals surface area contributed by atoms with Gasteiger partial charge in [-0.2, -0.15) is 0 Å². The minimum Gasteiger partial charge on any atom is -0.493 e. The summed E-state index contributed by atoms with van der Waals surface area (Å²) >= 11 is 0. The van der Waals surface area contributed by atoms with E-state index in [1.165, 1.54) is 5.56 Å². The number of benzene rings is 2. The molecule has 2 aliphatic rings. The van der Waals surface area contributed by atoms with E-state index in [9.17, 15) is 0 Å². The van der Waals surface area contributed by atoms with Crippen molar-refractivity contribution in [3.63, 3.8) is 0 Å². The second-order valence-corrected chi connectivity index (χ2v) is 8.03. The van der Waals surface area contributed by atoms with Crippen LogP contribution in [-0.4, -0.2) is 58.0 Å². The van der Waals surface area contributed by atoms with Crippen LogP contribution in [0.5, 0.6) is 23.0 Å². The van der Waals surface area contributed by atoms with Crippen LogP contribution < -0.4 is 24.3 Å². The Hall–Kier alpha value is -2.44. The van der Waals surface area contributed by atoms with Gasteiger partial charge in [0.2, 0.25) is 0 Å². The number of fused-ring (bicyclic) bond motifs is 1. The quantitative estimate of drug-likeness (QED) is 0.753. The van der Waals surface area contributed by atoms with Crippen molar-refractivity contribution in [3.8, 4) is 23.0 Å². The molecule has 2 aromatic rings. The highest BCUT2D eigenvalue weighted by Gasteiger charge is 2.35. The van der Waals surface area contributed by atoms with Crippen LogP contribution in [0, 0.1) is 5.92 Å². The summed E-state index contributed by atoms with van der Waals surface area (Å²) in [4.78, 5) is 2.51. The van der Waals surface area contributed by atoms with Gasteiger partial charge < -0.3 is 24.3 Å². The maximum absolute atomic E-state index is 6.28. The van der Waals surface area contributed by atoms with Crippen molar-refractivity contribution in [3.05, 3.63) is 48.0 Å². The lowest BCUT2D eigenvalue weighted by molar-refractivity contribution is 0.0308. The lowest BCUT2D eigenvalue weighted by Crippen LogP contribution is -2.53. The van der Waals surface area contributed by atoms with E-state index in [1.54, 1.807) is 14.2 Å². The first-order valence-corrected chi connectivity index (χ1v) is 10.7. The normalized spacial score (nSPS) is 20.6. The largest absolute Gasteiger partial charge is 0.493 e. The molecule has 1 N–H and O–H groups in total. The van der Waals surface area contributed by atoms with Crippen LogP contribution in [0.25, 0.3) is 0 Å². The second-order valence-electron chi connectivity index (χ2n) is 8.03. The Kier molecular flexibility index (Phi) is 6.65. The highest BCUT2D eigenvalue weighted by Crippen LogP contribution is 2.34. The molecule has 2 heterocycles. The van der Waals surface area contributed by atoms with Gasteiger partial charge in [0.15, 0.2) is 23.0 Å². The summed E-state index contributed by atoms with van der Waals surface area (Å²) in [6.45, 7) is 3.66. The SMILES string of the molecule is CNC(C1CCN(Cc2ccc(OC)c(OC)c2)CC1)C1COc2ccccc2O1. The summed E-state index contributed by atoms with van der Waals surface area (Å²) in [5, 5.41) is 3.51. The van der Waals surface area contributed by atoms with E-state index in [-0.39, 0.29) is 12.1 Å². The van der Waals surface area contributed by atoms with Gasteiger partial charge in [-0.15, -0.1) is 0 Å². The zero-order valence-electron chi connectivity index (χ0n) is 18.1. The fourth-order valence-electron chi connectivity index (χ4n) is 4.65. The van der Waals surface area contributed by atoms with Crippen LogP contribution in [0.3, 0.4) is 0 Å². The number of likely N-dealkylation sites (tertiary alicyclic amines) is 1. The van der Waals surface area contributed by atoms with Gasteiger partial charge in [-0.05, 0) is 68.7 Å². The van der Waals surface area contributed by atoms with Gasteiger partial charge in [0.25, 0.3) is 0 Å². The highest BCUT2D eigenvalue weighted by atomic mass is 16.6. The zero-order chi connectivity index (χ0) is 20.9. The van der Waals surface area contributed by atoms with Crippen LogP contribution in [0.2, 0.25) is 0 Å². The van der Waals surface area contributed by atoms with Crippen LogP contribution in [0.1, 0.15) is 18.4 Å². The lowest BCUT2D eigenvalue weighted by atomic mass is 9.86. The smallest absolute Gasteiger partial charge is 0.161 e. The average molecular weight is 413 g/mol. The van der Waals surface area contributed by atoms with Crippen LogP contribution in [0.4, 0.5) is 0 Å². The van der Waals surface area contributed by atoms with E-state index in [1.807, 2.05) is 37.4 Å². The molecule has 2 aromatic carbocycles. The van der Waals surface area contributed by atoms with Gasteiger partial charge in [0, 0.05) is 6.54 Å². The van der Waals surface area contributed by atoms with Crippen molar-refractivity contribution >= 4 is 0 Å². The molecular weight excluding hydrogens is 380 g/mol. The minimum absolute atomic E-state index is 0.0345. The molecule has 0 radical (unpaired) electrons. The van der Waals surface area contributed by atoms with Crippen molar-refractivity contribution < 1.29 is 18.9 Å². The molecule has 6 heteroatoms. The first-order valence-electron chi connectivity index (χ1n) is 10.7. The van der Waals surface area contributed by atoms with E-state index in [0.29, 0.717) is 12.5 Å². The van der Waals surface area contributed by atoms with E-state index >= 15 is 0 Å². The van der Waals surface area contributed by atoms with Gasteiger partial charge in [0.1, 0.15) is 12.7 Å². The topological polar surface area (TPSA) is 52.2 Å². The predicted octanol–water partition coefficient (Wildman–Crippen LogP) is 3.34. The number of likely N-dealkylation sites (N-methyl/N-ethyl adjacent to an activating group) is 1. The fraction of sp³-hybridized carbons (Fsp3) is 0.500. The predicted molar refractivity (Wildman–Crippen MR) is 117 cm³/mol. The molecular formula is C24H32N2O4. The molecule has 2 aliphatic heterocycles. The van der Waals surface area contributed by atoms with Gasteiger partial charge in [-0.3, -0.25) is 4.90 Å². The molecule has 0 spiro atoms. The molecule has 1 saturated heterocycles. The third kappa shape index (κ3) is 4.50. The van der Waals surface area contributed by atoms with E-state index in [2.05, 4.69) is 22.3 Å². The monoisotopic (exact) mass is 412 g/mol. The maximum Gasteiger partial charge on any atom is 0.161 e. The molecule has 2 unspecified atom stereocenters. The molecule has 30 heavy (non-hydrogen) atoms. The molecule has 0 aliphatic carbocycles. The number of piperidine rings is 1. The number of hydrogen-bond donors (Lipinski definition) is 1. The average Bonchev–Trinajstić information content (AvgIpc) is 2.80. The highest BCUT2D eigenvalue weighted by molar-refractivity contribution is 5.43. The van der Waals surface area contributed by atoms with Crippen LogP contribution in [0.15, 0.2) is 42.5 Å². The molecule has 2 atom stereocenters. The molecule has 4 rings (SSSR count). The Bertz CT molecular complexity index is 836. The van der Waals surface area contributed by atoms with Crippen molar-refractivity contribution in [1.82, 2.24) is 10.2 Å². The summed E-state index contributed by atoms with van der Waals surface area (Å²) < 4.78 is 23.0. The minimum atomic E-state index is 0.0345. The van der Waals surface area contributed by atoms with Crippen molar-refractivity contribution in [2.75, 3.05) is 41.0 Å². The molecule has 1 fully saturated rings. The fourth-order valence-corrected chi connectivity index (χ4v) is 4.65. The molecule has 0 bridgehead atoms. The number of nitrogens with zero attached hydrogens (tertiary/aromatic N) is 1. The van der Waals surface area contributed by atoms with Crippen LogP contribution in [-0.2, 0) is 6.54 Å². The van der Waals surface area contributed by atoms with E-state index in [0.717, 1.165) is 55.5 Å². The second kappa shape index (κ2) is 9.58. The molecule has 0 amide bonds. The van der Waals surface area contributed by atoms with Crippen LogP contribution >= 0.6 is 0 Å². The molecule has 0 saturated carbocycles. The Morgan fingerprint density at radius 3 is 2.47 bits per heavy atom. The third-order valence-electron chi connectivity index (χ3n) is 6.26. The van der Waals surface area contributed by atoms with E-state index in [4.69, 9.17) is 18.9 Å². The first-order chi connectivity index (χ1) is 14.7. The van der Waals surface area contributed by atoms with Gasteiger partial charge in [0.05, 0.1) is 20.3 Å². The Balaban J connectivity index is 1.33. The van der Waals surface area contributed by atoms with Crippen molar-refractivity contribution in [2.45, 2.75) is 31.5 Å². The summed E-state index contributed by atoms with van der Waals surface area (Å²) in [6.07, 6.45) is 2.31. The van der Waals surface area contributed by atoms with Crippen molar-refractivity contribution in [2.24, 2.45) is 5.92 Å².